The van der Waals surface area contributed by atoms with E-state index in [1.54, 1.807) is 31.2 Å². The first kappa shape index (κ1) is 14.1. The van der Waals surface area contributed by atoms with Crippen LogP contribution in [0.4, 0.5) is 0 Å². The Hall–Kier alpha value is -2.35. The molecule has 0 saturated heterocycles. The van der Waals surface area contributed by atoms with Crippen molar-refractivity contribution in [1.82, 2.24) is 20.2 Å². The molecule has 2 rings (SSSR count). The third-order valence-corrected chi connectivity index (χ3v) is 3.45. The van der Waals surface area contributed by atoms with Gasteiger partial charge in [-0.3, -0.25) is 0 Å². The minimum atomic E-state index is -0.971. The molecule has 0 fully saturated rings. The fourth-order valence-electron chi connectivity index (χ4n) is 1.46. The minimum Gasteiger partial charge on any atom is -0.508 e. The summed E-state index contributed by atoms with van der Waals surface area (Å²) in [6.45, 7) is 1.73. The van der Waals surface area contributed by atoms with Gasteiger partial charge in [0.1, 0.15) is 5.75 Å². The van der Waals surface area contributed by atoms with Gasteiger partial charge < -0.3 is 10.2 Å². The van der Waals surface area contributed by atoms with Crippen LogP contribution in [0.5, 0.6) is 5.75 Å². The molecule has 104 valence electrons. The molecule has 2 aromatic rings. The summed E-state index contributed by atoms with van der Waals surface area (Å²) >= 11 is 1.34. The number of carboxylic acids is 1. The van der Waals surface area contributed by atoms with E-state index in [9.17, 15) is 9.90 Å². The van der Waals surface area contributed by atoms with Gasteiger partial charge in [-0.25, -0.2) is 4.79 Å². The third kappa shape index (κ3) is 3.58. The predicted molar refractivity (Wildman–Crippen MR) is 72.9 cm³/mol. The van der Waals surface area contributed by atoms with Gasteiger partial charge in [0.2, 0.25) is 5.16 Å². The third-order valence-electron chi connectivity index (χ3n) is 2.33. The summed E-state index contributed by atoms with van der Waals surface area (Å²) in [4.78, 5) is 10.5. The quantitative estimate of drug-likeness (QED) is 0.636. The lowest BCUT2D eigenvalue weighted by molar-refractivity contribution is -0.131. The number of thioether (sulfide) groups is 1. The summed E-state index contributed by atoms with van der Waals surface area (Å²) in [6.07, 6.45) is 1.15. The lowest BCUT2D eigenvalue weighted by Crippen LogP contribution is -1.99. The van der Waals surface area contributed by atoms with Crippen LogP contribution in [0.25, 0.3) is 5.69 Å². The standard InChI is InChI=1S/C12H12N4O3S/c1-8(6-11(18)19)7-20-12-13-14-15-16(12)9-2-4-10(17)5-3-9/h2-6,17H,7H2,1H3,(H,18,19). The number of rotatable bonds is 5. The Morgan fingerprint density at radius 2 is 2.10 bits per heavy atom. The maximum atomic E-state index is 10.5. The van der Waals surface area contributed by atoms with E-state index in [1.807, 2.05) is 0 Å². The Balaban J connectivity index is 2.13. The minimum absolute atomic E-state index is 0.163. The largest absolute Gasteiger partial charge is 0.508 e. The lowest BCUT2D eigenvalue weighted by atomic mass is 10.3. The normalized spacial score (nSPS) is 11.6. The number of tetrazole rings is 1. The van der Waals surface area contributed by atoms with Gasteiger partial charge in [0.05, 0.1) is 5.69 Å². The molecular formula is C12H12N4O3S. The number of phenolic OH excluding ortho intramolecular Hbond substituents is 1. The van der Waals surface area contributed by atoms with E-state index < -0.39 is 5.97 Å². The zero-order chi connectivity index (χ0) is 14.5. The number of phenols is 1. The van der Waals surface area contributed by atoms with E-state index >= 15 is 0 Å². The van der Waals surface area contributed by atoms with Crippen LogP contribution in [0.2, 0.25) is 0 Å². The van der Waals surface area contributed by atoms with Crippen molar-refractivity contribution in [2.45, 2.75) is 12.1 Å². The van der Waals surface area contributed by atoms with Crippen molar-refractivity contribution >= 4 is 17.7 Å². The van der Waals surface area contributed by atoms with E-state index in [0.29, 0.717) is 16.5 Å². The summed E-state index contributed by atoms with van der Waals surface area (Å²) in [5.74, 6) is -0.331. The topological polar surface area (TPSA) is 101 Å². The molecule has 0 spiro atoms. The first-order valence-corrected chi connectivity index (χ1v) is 6.65. The van der Waals surface area contributed by atoms with Crippen LogP contribution in [0, 0.1) is 0 Å². The van der Waals surface area contributed by atoms with Crippen molar-refractivity contribution in [3.05, 3.63) is 35.9 Å². The smallest absolute Gasteiger partial charge is 0.328 e. The molecule has 7 nitrogen and oxygen atoms in total. The second-order valence-electron chi connectivity index (χ2n) is 4.01. The average Bonchev–Trinajstić information content (AvgIpc) is 2.85. The van der Waals surface area contributed by atoms with Crippen LogP contribution < -0.4 is 0 Å². The van der Waals surface area contributed by atoms with Crippen molar-refractivity contribution in [2.75, 3.05) is 5.75 Å². The van der Waals surface area contributed by atoms with Gasteiger partial charge in [0.25, 0.3) is 0 Å². The zero-order valence-corrected chi connectivity index (χ0v) is 11.4. The number of aliphatic carboxylic acids is 1. The molecule has 1 heterocycles. The zero-order valence-electron chi connectivity index (χ0n) is 10.6. The molecule has 20 heavy (non-hydrogen) atoms. The number of benzene rings is 1. The second kappa shape index (κ2) is 6.20. The van der Waals surface area contributed by atoms with Crippen molar-refractivity contribution in [3.63, 3.8) is 0 Å². The lowest BCUT2D eigenvalue weighted by Gasteiger charge is -2.04. The van der Waals surface area contributed by atoms with E-state index in [2.05, 4.69) is 15.5 Å². The number of carbonyl (C=O) groups is 1. The van der Waals surface area contributed by atoms with Crippen LogP contribution in [-0.2, 0) is 4.79 Å². The highest BCUT2D eigenvalue weighted by Crippen LogP contribution is 2.21. The number of nitrogens with zero attached hydrogens (tertiary/aromatic N) is 4. The number of hydrogen-bond donors (Lipinski definition) is 2. The van der Waals surface area contributed by atoms with Crippen molar-refractivity contribution in [3.8, 4) is 11.4 Å². The summed E-state index contributed by atoms with van der Waals surface area (Å²) < 4.78 is 1.53. The highest BCUT2D eigenvalue weighted by Gasteiger charge is 2.09. The summed E-state index contributed by atoms with van der Waals surface area (Å²) in [7, 11) is 0. The maximum absolute atomic E-state index is 10.5. The number of carboxylic acid groups (broad SMARTS) is 1. The Bertz CT molecular complexity index is 636. The van der Waals surface area contributed by atoms with E-state index in [-0.39, 0.29) is 5.75 Å². The molecule has 0 saturated carbocycles. The summed E-state index contributed by atoms with van der Waals surface area (Å²) in [5, 5.41) is 29.8. The highest BCUT2D eigenvalue weighted by atomic mass is 32.2. The molecule has 2 N–H and O–H groups in total. The van der Waals surface area contributed by atoms with Crippen molar-refractivity contribution in [2.24, 2.45) is 0 Å². The average molecular weight is 292 g/mol. The fourth-order valence-corrected chi connectivity index (χ4v) is 2.25. The molecule has 0 aliphatic rings. The van der Waals surface area contributed by atoms with Crippen LogP contribution in [0.1, 0.15) is 6.92 Å². The van der Waals surface area contributed by atoms with Gasteiger partial charge in [0, 0.05) is 11.8 Å². The summed E-state index contributed by atoms with van der Waals surface area (Å²) in [6, 6.07) is 6.47. The van der Waals surface area contributed by atoms with Crippen LogP contribution in [0.3, 0.4) is 0 Å². The predicted octanol–water partition coefficient (Wildman–Crippen LogP) is 1.49. The molecule has 0 aliphatic heterocycles. The van der Waals surface area contributed by atoms with Crippen LogP contribution in [0.15, 0.2) is 41.1 Å². The van der Waals surface area contributed by atoms with E-state index in [0.717, 1.165) is 11.8 Å². The molecule has 1 aromatic carbocycles. The molecule has 0 aliphatic carbocycles. The molecular weight excluding hydrogens is 280 g/mol. The monoisotopic (exact) mass is 292 g/mol. The van der Waals surface area contributed by atoms with Gasteiger partial charge in [-0.2, -0.15) is 4.68 Å². The Kier molecular flexibility index (Phi) is 4.36. The van der Waals surface area contributed by atoms with Gasteiger partial charge in [-0.1, -0.05) is 17.3 Å². The van der Waals surface area contributed by atoms with Crippen LogP contribution in [-0.4, -0.2) is 42.1 Å². The molecule has 0 amide bonds. The van der Waals surface area contributed by atoms with Gasteiger partial charge >= 0.3 is 5.97 Å². The number of aromatic nitrogens is 4. The van der Waals surface area contributed by atoms with E-state index in [4.69, 9.17) is 5.11 Å². The van der Waals surface area contributed by atoms with Crippen molar-refractivity contribution in [1.29, 1.82) is 0 Å². The second-order valence-corrected chi connectivity index (χ2v) is 4.95. The highest BCUT2D eigenvalue weighted by molar-refractivity contribution is 7.99. The molecule has 0 bridgehead atoms. The Labute approximate surface area is 118 Å². The first-order valence-electron chi connectivity index (χ1n) is 5.67. The van der Waals surface area contributed by atoms with Gasteiger partial charge in [-0.15, -0.1) is 5.10 Å². The Morgan fingerprint density at radius 3 is 2.75 bits per heavy atom. The Morgan fingerprint density at radius 1 is 1.40 bits per heavy atom. The molecule has 8 heteroatoms. The maximum Gasteiger partial charge on any atom is 0.328 e. The SMILES string of the molecule is CC(=CC(=O)O)CSc1nnnn1-c1ccc(O)cc1. The fraction of sp³-hybridized carbons (Fsp3) is 0.167. The van der Waals surface area contributed by atoms with Crippen LogP contribution >= 0.6 is 11.8 Å². The molecule has 0 atom stereocenters. The molecule has 1 aromatic heterocycles. The number of hydrogen-bond acceptors (Lipinski definition) is 6. The van der Waals surface area contributed by atoms with E-state index in [1.165, 1.54) is 16.4 Å². The van der Waals surface area contributed by atoms with Crippen molar-refractivity contribution < 1.29 is 15.0 Å². The van der Waals surface area contributed by atoms with Gasteiger partial charge in [-0.05, 0) is 41.6 Å². The molecule has 0 radical (unpaired) electrons. The molecule has 0 unspecified atom stereocenters. The first-order chi connectivity index (χ1) is 9.56. The number of aromatic hydroxyl groups is 1. The van der Waals surface area contributed by atoms with Gasteiger partial charge in [0.15, 0.2) is 0 Å². The summed E-state index contributed by atoms with van der Waals surface area (Å²) in [5.41, 5.74) is 1.43.